The van der Waals surface area contributed by atoms with E-state index in [0.29, 0.717) is 18.0 Å². The second-order valence-corrected chi connectivity index (χ2v) is 4.57. The number of rotatable bonds is 3. The largest absolute Gasteiger partial charge is 0.508 e. The number of hydrogen-bond donors (Lipinski definition) is 3. The van der Waals surface area contributed by atoms with Crippen LogP contribution in [0.2, 0.25) is 0 Å². The molecular formula is C13H18N2O2. The van der Waals surface area contributed by atoms with Crippen molar-refractivity contribution < 1.29 is 9.90 Å². The second kappa shape index (κ2) is 5.19. The van der Waals surface area contributed by atoms with Gasteiger partial charge in [-0.25, -0.2) is 0 Å². The number of amides is 1. The molecule has 1 heterocycles. The lowest BCUT2D eigenvalue weighted by Crippen LogP contribution is -2.30. The topological polar surface area (TPSA) is 61.4 Å². The molecular weight excluding hydrogens is 216 g/mol. The number of carbonyl (C=O) groups excluding carboxylic acids is 1. The molecule has 0 bridgehead atoms. The van der Waals surface area contributed by atoms with Gasteiger partial charge in [0.1, 0.15) is 5.75 Å². The van der Waals surface area contributed by atoms with Crippen molar-refractivity contribution in [3.63, 3.8) is 0 Å². The van der Waals surface area contributed by atoms with Gasteiger partial charge in [-0.2, -0.15) is 0 Å². The van der Waals surface area contributed by atoms with Crippen LogP contribution in [0.3, 0.4) is 0 Å². The Morgan fingerprint density at radius 1 is 1.59 bits per heavy atom. The molecule has 0 saturated carbocycles. The van der Waals surface area contributed by atoms with Gasteiger partial charge in [0.15, 0.2) is 0 Å². The van der Waals surface area contributed by atoms with Gasteiger partial charge in [-0.15, -0.1) is 0 Å². The van der Waals surface area contributed by atoms with Gasteiger partial charge in [0.25, 0.3) is 5.91 Å². The van der Waals surface area contributed by atoms with Crippen LogP contribution in [0.25, 0.3) is 0 Å². The van der Waals surface area contributed by atoms with Gasteiger partial charge in [0.05, 0.1) is 0 Å². The predicted octanol–water partition coefficient (Wildman–Crippen LogP) is 1.04. The molecule has 1 aliphatic rings. The maximum atomic E-state index is 11.9. The zero-order valence-electron chi connectivity index (χ0n) is 9.99. The molecule has 1 atom stereocenters. The maximum absolute atomic E-state index is 11.9. The Bertz CT molecular complexity index is 412. The lowest BCUT2D eigenvalue weighted by molar-refractivity contribution is 0.0947. The fraction of sp³-hybridized carbons (Fsp3) is 0.462. The fourth-order valence-electron chi connectivity index (χ4n) is 2.12. The number of carbonyl (C=O) groups is 1. The molecule has 1 saturated heterocycles. The highest BCUT2D eigenvalue weighted by Crippen LogP contribution is 2.15. The number of hydrogen-bond acceptors (Lipinski definition) is 3. The smallest absolute Gasteiger partial charge is 0.251 e. The van der Waals surface area contributed by atoms with Crippen LogP contribution in [-0.4, -0.2) is 30.6 Å². The summed E-state index contributed by atoms with van der Waals surface area (Å²) in [6, 6.07) is 4.80. The van der Waals surface area contributed by atoms with Gasteiger partial charge in [0.2, 0.25) is 0 Å². The van der Waals surface area contributed by atoms with Crippen molar-refractivity contribution in [2.24, 2.45) is 5.92 Å². The third-order valence-corrected chi connectivity index (χ3v) is 3.17. The van der Waals surface area contributed by atoms with Crippen molar-refractivity contribution in [1.29, 1.82) is 0 Å². The number of nitrogens with one attached hydrogen (secondary N) is 2. The van der Waals surface area contributed by atoms with Crippen LogP contribution in [-0.2, 0) is 0 Å². The molecule has 1 aromatic rings. The maximum Gasteiger partial charge on any atom is 0.251 e. The highest BCUT2D eigenvalue weighted by atomic mass is 16.3. The van der Waals surface area contributed by atoms with Crippen molar-refractivity contribution in [2.75, 3.05) is 19.6 Å². The Morgan fingerprint density at radius 2 is 2.41 bits per heavy atom. The normalized spacial score (nSPS) is 19.2. The van der Waals surface area contributed by atoms with E-state index in [-0.39, 0.29) is 11.7 Å². The SMILES string of the molecule is Cc1cc(O)ccc1C(=O)NCC1CCNC1. The lowest BCUT2D eigenvalue weighted by atomic mass is 10.1. The molecule has 0 radical (unpaired) electrons. The quantitative estimate of drug-likeness (QED) is 0.732. The molecule has 0 aliphatic carbocycles. The van der Waals surface area contributed by atoms with E-state index in [4.69, 9.17) is 0 Å². The molecule has 1 fully saturated rings. The molecule has 4 heteroatoms. The molecule has 1 unspecified atom stereocenters. The molecule has 92 valence electrons. The van der Waals surface area contributed by atoms with E-state index in [1.54, 1.807) is 18.2 Å². The first kappa shape index (κ1) is 11.9. The van der Waals surface area contributed by atoms with E-state index < -0.39 is 0 Å². The summed E-state index contributed by atoms with van der Waals surface area (Å²) in [5.41, 5.74) is 1.43. The van der Waals surface area contributed by atoms with E-state index in [1.165, 1.54) is 0 Å². The Morgan fingerprint density at radius 3 is 3.06 bits per heavy atom. The minimum atomic E-state index is -0.0607. The van der Waals surface area contributed by atoms with Crippen molar-refractivity contribution in [3.05, 3.63) is 29.3 Å². The number of aryl methyl sites for hydroxylation is 1. The zero-order valence-corrected chi connectivity index (χ0v) is 9.99. The molecule has 1 amide bonds. The van der Waals surface area contributed by atoms with Gasteiger partial charge in [0, 0.05) is 12.1 Å². The van der Waals surface area contributed by atoms with Crippen LogP contribution >= 0.6 is 0 Å². The van der Waals surface area contributed by atoms with Gasteiger partial charge in [-0.1, -0.05) is 0 Å². The number of phenolic OH excluding ortho intramolecular Hbond substituents is 1. The van der Waals surface area contributed by atoms with Crippen molar-refractivity contribution in [2.45, 2.75) is 13.3 Å². The Kier molecular flexibility index (Phi) is 3.64. The van der Waals surface area contributed by atoms with Crippen molar-refractivity contribution in [3.8, 4) is 5.75 Å². The Labute approximate surface area is 101 Å². The van der Waals surface area contributed by atoms with Crippen LogP contribution in [0.15, 0.2) is 18.2 Å². The first-order valence-electron chi connectivity index (χ1n) is 5.95. The minimum absolute atomic E-state index is 0.0607. The van der Waals surface area contributed by atoms with Crippen molar-refractivity contribution in [1.82, 2.24) is 10.6 Å². The van der Waals surface area contributed by atoms with Gasteiger partial charge in [-0.3, -0.25) is 4.79 Å². The lowest BCUT2D eigenvalue weighted by Gasteiger charge is -2.11. The first-order chi connectivity index (χ1) is 8.16. The highest BCUT2D eigenvalue weighted by molar-refractivity contribution is 5.95. The standard InChI is InChI=1S/C13H18N2O2/c1-9-6-11(16)2-3-12(9)13(17)15-8-10-4-5-14-7-10/h2-3,6,10,14,16H,4-5,7-8H2,1H3,(H,15,17). The Balaban J connectivity index is 1.94. The van der Waals surface area contributed by atoms with Gasteiger partial charge < -0.3 is 15.7 Å². The molecule has 17 heavy (non-hydrogen) atoms. The molecule has 1 aliphatic heterocycles. The molecule has 0 aromatic heterocycles. The zero-order chi connectivity index (χ0) is 12.3. The van der Waals surface area contributed by atoms with E-state index in [2.05, 4.69) is 10.6 Å². The van der Waals surface area contributed by atoms with E-state index in [9.17, 15) is 9.90 Å². The average Bonchev–Trinajstić information content (AvgIpc) is 2.78. The monoisotopic (exact) mass is 234 g/mol. The molecule has 2 rings (SSSR count). The van der Waals surface area contributed by atoms with Crippen LogP contribution in [0, 0.1) is 12.8 Å². The first-order valence-corrected chi connectivity index (χ1v) is 5.95. The molecule has 1 aromatic carbocycles. The van der Waals surface area contributed by atoms with Crippen LogP contribution < -0.4 is 10.6 Å². The highest BCUT2D eigenvalue weighted by Gasteiger charge is 2.16. The summed E-state index contributed by atoms with van der Waals surface area (Å²) in [7, 11) is 0. The van der Waals surface area contributed by atoms with Crippen molar-refractivity contribution >= 4 is 5.91 Å². The second-order valence-electron chi connectivity index (χ2n) is 4.57. The summed E-state index contributed by atoms with van der Waals surface area (Å²) in [4.78, 5) is 11.9. The fourth-order valence-corrected chi connectivity index (χ4v) is 2.12. The van der Waals surface area contributed by atoms with Crippen LogP contribution in [0.5, 0.6) is 5.75 Å². The Hall–Kier alpha value is -1.55. The number of benzene rings is 1. The third-order valence-electron chi connectivity index (χ3n) is 3.17. The average molecular weight is 234 g/mol. The summed E-state index contributed by atoms with van der Waals surface area (Å²) in [5.74, 6) is 0.671. The summed E-state index contributed by atoms with van der Waals surface area (Å²) in [6.45, 7) is 4.56. The van der Waals surface area contributed by atoms with E-state index in [1.807, 2.05) is 6.92 Å². The molecule has 4 nitrogen and oxygen atoms in total. The van der Waals surface area contributed by atoms with Gasteiger partial charge in [-0.05, 0) is 56.1 Å². The summed E-state index contributed by atoms with van der Waals surface area (Å²) >= 11 is 0. The third kappa shape index (κ3) is 2.97. The van der Waals surface area contributed by atoms with E-state index >= 15 is 0 Å². The predicted molar refractivity (Wildman–Crippen MR) is 66.2 cm³/mol. The van der Waals surface area contributed by atoms with Gasteiger partial charge >= 0.3 is 0 Å². The molecule has 3 N–H and O–H groups in total. The minimum Gasteiger partial charge on any atom is -0.508 e. The van der Waals surface area contributed by atoms with Crippen LogP contribution in [0.4, 0.5) is 0 Å². The number of phenols is 1. The van der Waals surface area contributed by atoms with E-state index in [0.717, 1.165) is 25.1 Å². The number of aromatic hydroxyl groups is 1. The van der Waals surface area contributed by atoms with Crippen LogP contribution in [0.1, 0.15) is 22.3 Å². The summed E-state index contributed by atoms with van der Waals surface area (Å²) < 4.78 is 0. The molecule has 0 spiro atoms. The summed E-state index contributed by atoms with van der Waals surface area (Å²) in [5, 5.41) is 15.5. The summed E-state index contributed by atoms with van der Waals surface area (Å²) in [6.07, 6.45) is 1.12.